The highest BCUT2D eigenvalue weighted by atomic mass is 32.2. The first kappa shape index (κ1) is 14.5. The van der Waals surface area contributed by atoms with Crippen molar-refractivity contribution < 1.29 is 9.53 Å². The summed E-state index contributed by atoms with van der Waals surface area (Å²) in [6.07, 6.45) is 0.927. The van der Waals surface area contributed by atoms with Crippen molar-refractivity contribution in [2.24, 2.45) is 0 Å². The van der Waals surface area contributed by atoms with Crippen molar-refractivity contribution >= 4 is 29.0 Å². The molecule has 0 radical (unpaired) electrons. The number of carbonyl (C=O) groups is 1. The normalized spacial score (nSPS) is 18.2. The lowest BCUT2D eigenvalue weighted by Crippen LogP contribution is -2.30. The molecule has 0 saturated carbocycles. The van der Waals surface area contributed by atoms with Gasteiger partial charge < -0.3 is 9.64 Å². The second-order valence-corrected chi connectivity index (χ2v) is 6.95. The van der Waals surface area contributed by atoms with Gasteiger partial charge in [0.15, 0.2) is 0 Å². The molecule has 1 aliphatic rings. The summed E-state index contributed by atoms with van der Waals surface area (Å²) in [7, 11) is 1.66. The molecule has 0 N–H and O–H groups in total. The monoisotopic (exact) mass is 319 g/mol. The van der Waals surface area contributed by atoms with Crippen LogP contribution >= 0.6 is 23.1 Å². The molecule has 1 atom stereocenters. The quantitative estimate of drug-likeness (QED) is 0.844. The van der Waals surface area contributed by atoms with E-state index in [1.54, 1.807) is 30.2 Å². The summed E-state index contributed by atoms with van der Waals surface area (Å²) in [4.78, 5) is 15.4. The second-order valence-electron chi connectivity index (χ2n) is 4.85. The number of thioether (sulfide) groups is 1. The fourth-order valence-corrected chi connectivity index (χ4v) is 4.34. The molecule has 3 nitrogen and oxygen atoms in total. The molecule has 1 fully saturated rings. The molecule has 0 bridgehead atoms. The lowest BCUT2D eigenvalue weighted by Gasteiger charge is -2.24. The highest BCUT2D eigenvalue weighted by Gasteiger charge is 2.32. The lowest BCUT2D eigenvalue weighted by molar-refractivity contribution is -0.128. The molecule has 0 aliphatic carbocycles. The summed E-state index contributed by atoms with van der Waals surface area (Å²) >= 11 is 3.45. The van der Waals surface area contributed by atoms with Crippen LogP contribution in [-0.2, 0) is 11.2 Å². The van der Waals surface area contributed by atoms with Crippen molar-refractivity contribution in [3.8, 4) is 5.75 Å². The van der Waals surface area contributed by atoms with E-state index >= 15 is 0 Å². The van der Waals surface area contributed by atoms with E-state index in [2.05, 4.69) is 17.5 Å². The molecular formula is C16H17NO2S2. The number of ether oxygens (including phenoxy) is 1. The van der Waals surface area contributed by atoms with E-state index in [4.69, 9.17) is 4.74 Å². The average molecular weight is 319 g/mol. The first-order valence-electron chi connectivity index (χ1n) is 6.85. The number of nitrogens with zero attached hydrogens (tertiary/aromatic N) is 1. The van der Waals surface area contributed by atoms with Crippen LogP contribution in [-0.4, -0.2) is 30.2 Å². The summed E-state index contributed by atoms with van der Waals surface area (Å²) in [5.41, 5.74) is 1.16. The number of hydrogen-bond acceptors (Lipinski definition) is 4. The Morgan fingerprint density at radius 3 is 2.76 bits per heavy atom. The summed E-state index contributed by atoms with van der Waals surface area (Å²) in [5.74, 6) is 1.65. The molecule has 1 saturated heterocycles. The molecule has 5 heteroatoms. The zero-order valence-electron chi connectivity index (χ0n) is 11.8. The molecular weight excluding hydrogens is 302 g/mol. The largest absolute Gasteiger partial charge is 0.497 e. The van der Waals surface area contributed by atoms with Crippen LogP contribution in [0.5, 0.6) is 5.75 Å². The number of hydrogen-bond donors (Lipinski definition) is 0. The van der Waals surface area contributed by atoms with Gasteiger partial charge in [0.2, 0.25) is 5.91 Å². The molecule has 1 aliphatic heterocycles. The third-order valence-electron chi connectivity index (χ3n) is 3.55. The van der Waals surface area contributed by atoms with Crippen LogP contribution in [0, 0.1) is 0 Å². The highest BCUT2D eigenvalue weighted by molar-refractivity contribution is 8.00. The summed E-state index contributed by atoms with van der Waals surface area (Å²) in [5, 5.41) is 2.21. The van der Waals surface area contributed by atoms with Crippen LogP contribution < -0.4 is 4.74 Å². The van der Waals surface area contributed by atoms with Gasteiger partial charge in [0, 0.05) is 11.4 Å². The molecule has 1 aromatic carbocycles. The molecule has 2 aromatic rings. The van der Waals surface area contributed by atoms with Gasteiger partial charge in [-0.3, -0.25) is 4.79 Å². The maximum Gasteiger partial charge on any atom is 0.233 e. The Kier molecular flexibility index (Phi) is 4.51. The van der Waals surface area contributed by atoms with Gasteiger partial charge in [0.25, 0.3) is 0 Å². The van der Waals surface area contributed by atoms with Crippen LogP contribution in [0.4, 0.5) is 0 Å². The average Bonchev–Trinajstić information content (AvgIpc) is 3.15. The van der Waals surface area contributed by atoms with Gasteiger partial charge in [-0.25, -0.2) is 0 Å². The zero-order chi connectivity index (χ0) is 14.7. The Balaban J connectivity index is 1.71. The zero-order valence-corrected chi connectivity index (χ0v) is 13.5. The van der Waals surface area contributed by atoms with Crippen molar-refractivity contribution in [3.05, 3.63) is 52.2 Å². The third-order valence-corrected chi connectivity index (χ3v) is 5.74. The predicted octanol–water partition coefficient (Wildman–Crippen LogP) is 3.57. The van der Waals surface area contributed by atoms with Crippen molar-refractivity contribution in [2.45, 2.75) is 11.8 Å². The van der Waals surface area contributed by atoms with Gasteiger partial charge in [-0.1, -0.05) is 18.2 Å². The number of thiophene rings is 1. The molecule has 110 valence electrons. The van der Waals surface area contributed by atoms with Crippen LogP contribution in [0.1, 0.15) is 15.8 Å². The SMILES string of the molecule is COc1ccc(C2SCC(=O)N2CCc2cccs2)cc1. The van der Waals surface area contributed by atoms with Crippen LogP contribution in [0.3, 0.4) is 0 Å². The fraction of sp³-hybridized carbons (Fsp3) is 0.312. The maximum absolute atomic E-state index is 12.1. The number of amides is 1. The van der Waals surface area contributed by atoms with Gasteiger partial charge >= 0.3 is 0 Å². The molecule has 21 heavy (non-hydrogen) atoms. The van der Waals surface area contributed by atoms with E-state index in [9.17, 15) is 4.79 Å². The second kappa shape index (κ2) is 6.54. The number of methoxy groups -OCH3 is 1. The first-order chi connectivity index (χ1) is 10.3. The number of carbonyl (C=O) groups excluding carboxylic acids is 1. The van der Waals surface area contributed by atoms with Crippen LogP contribution in [0.25, 0.3) is 0 Å². The smallest absolute Gasteiger partial charge is 0.233 e. The van der Waals surface area contributed by atoms with E-state index in [-0.39, 0.29) is 11.3 Å². The van der Waals surface area contributed by atoms with Gasteiger partial charge in [0.05, 0.1) is 12.9 Å². The van der Waals surface area contributed by atoms with Gasteiger partial charge in [0.1, 0.15) is 11.1 Å². The Labute approximate surface area is 132 Å². The molecule has 2 heterocycles. The Bertz CT molecular complexity index is 595. The van der Waals surface area contributed by atoms with E-state index in [1.807, 2.05) is 29.2 Å². The number of benzene rings is 1. The minimum Gasteiger partial charge on any atom is -0.497 e. The maximum atomic E-state index is 12.1. The van der Waals surface area contributed by atoms with Gasteiger partial charge in [-0.2, -0.15) is 0 Å². The van der Waals surface area contributed by atoms with Gasteiger partial charge in [-0.05, 0) is 35.6 Å². The molecule has 1 aromatic heterocycles. The summed E-state index contributed by atoms with van der Waals surface area (Å²) in [6.45, 7) is 0.781. The molecule has 3 rings (SSSR count). The molecule has 0 spiro atoms. The van der Waals surface area contributed by atoms with Crippen molar-refractivity contribution in [3.63, 3.8) is 0 Å². The van der Waals surface area contributed by atoms with Crippen molar-refractivity contribution in [1.82, 2.24) is 4.90 Å². The summed E-state index contributed by atoms with van der Waals surface area (Å²) in [6, 6.07) is 12.2. The Morgan fingerprint density at radius 2 is 2.10 bits per heavy atom. The van der Waals surface area contributed by atoms with E-state index in [0.29, 0.717) is 5.75 Å². The standard InChI is InChI=1S/C16H17NO2S2/c1-19-13-6-4-12(5-7-13)16-17(15(18)11-21-16)9-8-14-3-2-10-20-14/h2-7,10,16H,8-9,11H2,1H3. The first-order valence-corrected chi connectivity index (χ1v) is 8.78. The van der Waals surface area contributed by atoms with Crippen LogP contribution in [0.15, 0.2) is 41.8 Å². The topological polar surface area (TPSA) is 29.5 Å². The van der Waals surface area contributed by atoms with E-state index in [1.165, 1.54) is 4.88 Å². The van der Waals surface area contributed by atoms with Crippen molar-refractivity contribution in [1.29, 1.82) is 0 Å². The van der Waals surface area contributed by atoms with E-state index in [0.717, 1.165) is 24.3 Å². The van der Waals surface area contributed by atoms with E-state index < -0.39 is 0 Å². The van der Waals surface area contributed by atoms with Gasteiger partial charge in [-0.15, -0.1) is 23.1 Å². The minimum absolute atomic E-state index is 0.128. The highest BCUT2D eigenvalue weighted by Crippen LogP contribution is 2.39. The predicted molar refractivity (Wildman–Crippen MR) is 87.9 cm³/mol. The van der Waals surface area contributed by atoms with Crippen molar-refractivity contribution in [2.75, 3.05) is 19.4 Å². The minimum atomic E-state index is 0.128. The van der Waals surface area contributed by atoms with Crippen LogP contribution in [0.2, 0.25) is 0 Å². The summed E-state index contributed by atoms with van der Waals surface area (Å²) < 4.78 is 5.19. The number of rotatable bonds is 5. The molecule has 1 amide bonds. The fourth-order valence-electron chi connectivity index (χ4n) is 2.43. The lowest BCUT2D eigenvalue weighted by atomic mass is 10.2. The molecule has 1 unspecified atom stereocenters. The Morgan fingerprint density at radius 1 is 1.29 bits per heavy atom. The third kappa shape index (κ3) is 3.24. The Hall–Kier alpha value is -1.46.